The minimum absolute atomic E-state index is 0.0257. The number of rotatable bonds is 5. The van der Waals surface area contributed by atoms with Gasteiger partial charge in [0.05, 0.1) is 23.3 Å². The van der Waals surface area contributed by atoms with Gasteiger partial charge in [-0.3, -0.25) is 14.6 Å². The molecule has 1 saturated heterocycles. The van der Waals surface area contributed by atoms with Crippen molar-refractivity contribution in [1.29, 1.82) is 0 Å². The molecule has 0 aliphatic carbocycles. The van der Waals surface area contributed by atoms with Crippen molar-refractivity contribution in [2.24, 2.45) is 5.92 Å². The Morgan fingerprint density at radius 2 is 2.00 bits per heavy atom. The maximum absolute atomic E-state index is 13.0. The Hall–Kier alpha value is -3.58. The molecule has 6 nitrogen and oxygen atoms in total. The summed E-state index contributed by atoms with van der Waals surface area (Å²) in [5.74, 6) is -0.532. The quantitative estimate of drug-likeness (QED) is 0.491. The highest BCUT2D eigenvalue weighted by Gasteiger charge is 2.36. The van der Waals surface area contributed by atoms with Crippen LogP contribution in [0.5, 0.6) is 0 Å². The van der Waals surface area contributed by atoms with Crippen LogP contribution in [0, 0.1) is 5.92 Å². The van der Waals surface area contributed by atoms with Crippen molar-refractivity contribution < 1.29 is 9.59 Å². The lowest BCUT2D eigenvalue weighted by Gasteiger charge is -2.19. The Balaban J connectivity index is 1.28. The molecule has 0 radical (unpaired) electrons. The highest BCUT2D eigenvalue weighted by atomic mass is 32.1. The van der Waals surface area contributed by atoms with Gasteiger partial charge in [-0.05, 0) is 30.5 Å². The van der Waals surface area contributed by atoms with Crippen molar-refractivity contribution in [3.63, 3.8) is 0 Å². The average molecular weight is 443 g/mol. The standard InChI is InChI=1S/C25H22N4O2S/c1-16(25-28-21(15-32-25)18-8-5-11-26-13-18)27-24(31)19-12-23(30)29(14-19)22-10-4-7-17-6-2-3-9-20(17)22/h2-11,13,15-16,19H,12,14H2,1H3,(H,27,31). The molecular formula is C25H22N4O2S. The molecule has 2 atom stereocenters. The summed E-state index contributed by atoms with van der Waals surface area (Å²) < 4.78 is 0. The molecule has 32 heavy (non-hydrogen) atoms. The summed E-state index contributed by atoms with van der Waals surface area (Å²) in [7, 11) is 0. The minimum atomic E-state index is -0.387. The van der Waals surface area contributed by atoms with E-state index < -0.39 is 0 Å². The summed E-state index contributed by atoms with van der Waals surface area (Å²) in [6.07, 6.45) is 3.71. The van der Waals surface area contributed by atoms with Crippen LogP contribution in [-0.2, 0) is 9.59 Å². The van der Waals surface area contributed by atoms with Crippen LogP contribution in [0.15, 0.2) is 72.4 Å². The Morgan fingerprint density at radius 1 is 1.16 bits per heavy atom. The number of thiazole rings is 1. The van der Waals surface area contributed by atoms with Crippen LogP contribution in [-0.4, -0.2) is 28.3 Å². The predicted octanol–water partition coefficient (Wildman–Crippen LogP) is 4.59. The molecule has 3 heterocycles. The van der Waals surface area contributed by atoms with E-state index in [9.17, 15) is 9.59 Å². The zero-order valence-electron chi connectivity index (χ0n) is 17.6. The fourth-order valence-electron chi connectivity index (χ4n) is 4.09. The number of fused-ring (bicyclic) bond motifs is 1. The molecule has 160 valence electrons. The van der Waals surface area contributed by atoms with E-state index in [1.165, 1.54) is 11.3 Å². The van der Waals surface area contributed by atoms with Gasteiger partial charge in [-0.15, -0.1) is 11.3 Å². The number of hydrogen-bond acceptors (Lipinski definition) is 5. The van der Waals surface area contributed by atoms with Crippen molar-refractivity contribution in [2.75, 3.05) is 11.4 Å². The molecule has 1 N–H and O–H groups in total. The van der Waals surface area contributed by atoms with Gasteiger partial charge < -0.3 is 10.2 Å². The summed E-state index contributed by atoms with van der Waals surface area (Å²) in [5, 5.41) is 7.94. The molecule has 4 aromatic rings. The minimum Gasteiger partial charge on any atom is -0.347 e. The van der Waals surface area contributed by atoms with Crippen LogP contribution in [0.2, 0.25) is 0 Å². The number of nitrogens with zero attached hydrogens (tertiary/aromatic N) is 3. The van der Waals surface area contributed by atoms with Gasteiger partial charge in [0, 0.05) is 41.7 Å². The third-order valence-electron chi connectivity index (χ3n) is 5.76. The molecule has 1 aliphatic rings. The van der Waals surface area contributed by atoms with Crippen LogP contribution in [0.1, 0.15) is 24.4 Å². The highest BCUT2D eigenvalue weighted by Crippen LogP contribution is 2.32. The largest absolute Gasteiger partial charge is 0.347 e. The number of benzene rings is 2. The van der Waals surface area contributed by atoms with Gasteiger partial charge in [0.15, 0.2) is 0 Å². The van der Waals surface area contributed by atoms with Gasteiger partial charge >= 0.3 is 0 Å². The summed E-state index contributed by atoms with van der Waals surface area (Å²) in [5.41, 5.74) is 2.65. The van der Waals surface area contributed by atoms with Crippen LogP contribution in [0.4, 0.5) is 5.69 Å². The fourth-order valence-corrected chi connectivity index (χ4v) is 4.92. The van der Waals surface area contributed by atoms with Crippen molar-refractivity contribution in [3.05, 3.63) is 77.4 Å². The number of aromatic nitrogens is 2. The van der Waals surface area contributed by atoms with Crippen LogP contribution in [0.3, 0.4) is 0 Å². The summed E-state index contributed by atoms with van der Waals surface area (Å²) in [4.78, 5) is 36.3. The lowest BCUT2D eigenvalue weighted by molar-refractivity contribution is -0.126. The predicted molar refractivity (Wildman–Crippen MR) is 126 cm³/mol. The number of amides is 2. The van der Waals surface area contributed by atoms with Crippen LogP contribution in [0.25, 0.3) is 22.0 Å². The Labute approximate surface area is 189 Å². The van der Waals surface area contributed by atoms with E-state index in [2.05, 4.69) is 15.3 Å². The SMILES string of the molecule is CC(NC(=O)C1CC(=O)N(c2cccc3ccccc23)C1)c1nc(-c2cccnc2)cs1. The molecule has 7 heteroatoms. The summed E-state index contributed by atoms with van der Waals surface area (Å²) >= 11 is 1.51. The normalized spacial score (nSPS) is 17.0. The topological polar surface area (TPSA) is 75.2 Å². The average Bonchev–Trinajstić information content (AvgIpc) is 3.47. The van der Waals surface area contributed by atoms with E-state index in [0.29, 0.717) is 6.54 Å². The maximum atomic E-state index is 13.0. The highest BCUT2D eigenvalue weighted by molar-refractivity contribution is 7.10. The molecule has 2 aromatic heterocycles. The van der Waals surface area contributed by atoms with Crippen LogP contribution >= 0.6 is 11.3 Å². The van der Waals surface area contributed by atoms with E-state index in [4.69, 9.17) is 0 Å². The van der Waals surface area contributed by atoms with E-state index in [1.54, 1.807) is 17.3 Å². The van der Waals surface area contributed by atoms with Crippen molar-refractivity contribution >= 4 is 39.6 Å². The first-order valence-electron chi connectivity index (χ1n) is 10.5. The second kappa shape index (κ2) is 8.51. The third-order valence-corrected chi connectivity index (χ3v) is 6.79. The molecule has 0 bridgehead atoms. The van der Waals surface area contributed by atoms with Crippen molar-refractivity contribution in [1.82, 2.24) is 15.3 Å². The van der Waals surface area contributed by atoms with E-state index in [0.717, 1.165) is 32.7 Å². The molecule has 0 saturated carbocycles. The monoisotopic (exact) mass is 442 g/mol. The molecule has 0 spiro atoms. The number of nitrogens with one attached hydrogen (secondary N) is 1. The molecular weight excluding hydrogens is 420 g/mol. The molecule has 2 aromatic carbocycles. The molecule has 1 aliphatic heterocycles. The van der Waals surface area contributed by atoms with Gasteiger partial charge in [-0.2, -0.15) is 0 Å². The number of carbonyl (C=O) groups excluding carboxylic acids is 2. The Morgan fingerprint density at radius 3 is 2.84 bits per heavy atom. The van der Waals surface area contributed by atoms with Gasteiger partial charge in [-0.1, -0.05) is 36.4 Å². The first kappa shape index (κ1) is 20.3. The molecule has 2 unspecified atom stereocenters. The second-order valence-electron chi connectivity index (χ2n) is 7.95. The van der Waals surface area contributed by atoms with E-state index in [-0.39, 0.29) is 30.2 Å². The van der Waals surface area contributed by atoms with Gasteiger partial charge in [0.1, 0.15) is 5.01 Å². The van der Waals surface area contributed by atoms with Gasteiger partial charge in [0.2, 0.25) is 11.8 Å². The number of pyridine rings is 1. The van der Waals surface area contributed by atoms with E-state index in [1.807, 2.05) is 66.9 Å². The van der Waals surface area contributed by atoms with E-state index >= 15 is 0 Å². The first-order valence-corrected chi connectivity index (χ1v) is 11.4. The summed E-state index contributed by atoms with van der Waals surface area (Å²) in [6.45, 7) is 2.30. The lowest BCUT2D eigenvalue weighted by atomic mass is 10.1. The van der Waals surface area contributed by atoms with Crippen LogP contribution < -0.4 is 10.2 Å². The smallest absolute Gasteiger partial charge is 0.227 e. The summed E-state index contributed by atoms with van der Waals surface area (Å²) in [6, 6.07) is 17.5. The number of carbonyl (C=O) groups is 2. The zero-order chi connectivity index (χ0) is 22.1. The third kappa shape index (κ3) is 3.87. The van der Waals surface area contributed by atoms with Crippen molar-refractivity contribution in [3.8, 4) is 11.3 Å². The fraction of sp³-hybridized carbons (Fsp3) is 0.200. The van der Waals surface area contributed by atoms with Crippen molar-refractivity contribution in [2.45, 2.75) is 19.4 Å². The van der Waals surface area contributed by atoms with Gasteiger partial charge in [-0.25, -0.2) is 4.98 Å². The molecule has 5 rings (SSSR count). The van der Waals surface area contributed by atoms with Gasteiger partial charge in [0.25, 0.3) is 0 Å². The number of hydrogen-bond donors (Lipinski definition) is 1. The lowest BCUT2D eigenvalue weighted by Crippen LogP contribution is -2.34. The maximum Gasteiger partial charge on any atom is 0.227 e. The zero-order valence-corrected chi connectivity index (χ0v) is 18.4. The molecule has 1 fully saturated rings. The molecule has 2 amide bonds. The first-order chi connectivity index (χ1) is 15.6. The Kier molecular flexibility index (Phi) is 5.41. The number of anilines is 1. The second-order valence-corrected chi connectivity index (χ2v) is 8.84. The Bertz CT molecular complexity index is 1280.